The van der Waals surface area contributed by atoms with Gasteiger partial charge in [-0.05, 0) is 13.8 Å². The van der Waals surface area contributed by atoms with Crippen molar-refractivity contribution in [2.75, 3.05) is 13.6 Å². The van der Waals surface area contributed by atoms with Crippen LogP contribution in [0.3, 0.4) is 0 Å². The fourth-order valence-corrected chi connectivity index (χ4v) is 4.64. The van der Waals surface area contributed by atoms with E-state index in [4.69, 9.17) is 9.84 Å². The van der Waals surface area contributed by atoms with Gasteiger partial charge in [-0.2, -0.15) is 13.2 Å². The molecular formula is C18H20F3N3O4S. The van der Waals surface area contributed by atoms with E-state index in [2.05, 4.69) is 10.3 Å². The summed E-state index contributed by atoms with van der Waals surface area (Å²) < 4.78 is 47.0. The molecule has 0 bridgehead atoms. The number of rotatable bonds is 3. The number of ether oxygens (including phenoxy) is 1. The second kappa shape index (κ2) is 7.69. The number of likely N-dealkylation sites (tertiary alicyclic amines) is 1. The average Bonchev–Trinajstić information content (AvgIpc) is 3.03. The van der Waals surface area contributed by atoms with E-state index in [0.717, 1.165) is 11.3 Å². The van der Waals surface area contributed by atoms with Gasteiger partial charge in [-0.15, -0.1) is 11.3 Å². The van der Waals surface area contributed by atoms with Gasteiger partial charge in [-0.25, -0.2) is 9.78 Å². The molecule has 1 aliphatic heterocycles. The first-order valence-electron chi connectivity index (χ1n) is 8.91. The fraction of sp³-hybridized carbons (Fsp3) is 0.500. The Hall–Kier alpha value is -2.56. The van der Waals surface area contributed by atoms with E-state index in [9.17, 15) is 22.8 Å². The molecule has 1 fully saturated rings. The van der Waals surface area contributed by atoms with Gasteiger partial charge in [-0.3, -0.25) is 4.79 Å². The lowest BCUT2D eigenvalue weighted by molar-refractivity contribution is -0.136. The van der Waals surface area contributed by atoms with Crippen LogP contribution in [0.1, 0.15) is 41.3 Å². The Morgan fingerprint density at radius 2 is 2.10 bits per heavy atom. The molecule has 0 spiro atoms. The molecule has 1 aliphatic rings. The Morgan fingerprint density at radius 3 is 2.66 bits per heavy atom. The summed E-state index contributed by atoms with van der Waals surface area (Å²) in [4.78, 5) is 28.8. The Morgan fingerprint density at radius 1 is 1.41 bits per heavy atom. The lowest BCUT2D eigenvalue weighted by Crippen LogP contribution is -2.46. The van der Waals surface area contributed by atoms with Gasteiger partial charge in [0.2, 0.25) is 5.88 Å². The molecule has 7 nitrogen and oxygen atoms in total. The zero-order chi connectivity index (χ0) is 21.5. The molecule has 158 valence electrons. The SMILES string of the molecule is CNC(=O)c1csc2c(C(F)(F)F)c(C)c(O[C@@H]3CCN(C(=O)O)[C@H](C)C3)nc12. The molecule has 1 saturated heterocycles. The molecule has 0 unspecified atom stereocenters. The number of pyridine rings is 1. The summed E-state index contributed by atoms with van der Waals surface area (Å²) in [6, 6.07) is -0.333. The van der Waals surface area contributed by atoms with Gasteiger partial charge in [0.1, 0.15) is 6.10 Å². The zero-order valence-electron chi connectivity index (χ0n) is 16.0. The molecule has 2 amide bonds. The number of nitrogens with one attached hydrogen (secondary N) is 1. The van der Waals surface area contributed by atoms with Gasteiger partial charge in [0.15, 0.2) is 0 Å². The molecule has 0 aromatic carbocycles. The van der Waals surface area contributed by atoms with E-state index in [1.807, 2.05) is 0 Å². The number of halogens is 3. The molecule has 11 heteroatoms. The second-order valence-electron chi connectivity index (χ2n) is 6.91. The first kappa shape index (κ1) is 21.2. The van der Waals surface area contributed by atoms with E-state index < -0.39 is 29.8 Å². The third-order valence-corrected chi connectivity index (χ3v) is 5.99. The molecule has 2 aromatic rings. The van der Waals surface area contributed by atoms with Crippen molar-refractivity contribution in [1.29, 1.82) is 0 Å². The third-order valence-electron chi connectivity index (χ3n) is 5.01. The summed E-state index contributed by atoms with van der Waals surface area (Å²) >= 11 is 0.813. The van der Waals surface area contributed by atoms with Crippen LogP contribution in [0.4, 0.5) is 18.0 Å². The second-order valence-corrected chi connectivity index (χ2v) is 7.79. The number of alkyl halides is 3. The van der Waals surface area contributed by atoms with Crippen molar-refractivity contribution in [1.82, 2.24) is 15.2 Å². The lowest BCUT2D eigenvalue weighted by Gasteiger charge is -2.35. The van der Waals surface area contributed by atoms with Crippen molar-refractivity contribution in [3.05, 3.63) is 22.1 Å². The van der Waals surface area contributed by atoms with E-state index in [1.165, 1.54) is 24.3 Å². The maximum Gasteiger partial charge on any atom is 0.418 e. The number of carbonyl (C=O) groups is 2. The number of hydrogen-bond acceptors (Lipinski definition) is 5. The lowest BCUT2D eigenvalue weighted by atomic mass is 10.0. The monoisotopic (exact) mass is 431 g/mol. The zero-order valence-corrected chi connectivity index (χ0v) is 16.8. The van der Waals surface area contributed by atoms with Crippen LogP contribution in [0.5, 0.6) is 5.88 Å². The van der Waals surface area contributed by atoms with Crippen LogP contribution in [0.25, 0.3) is 10.2 Å². The van der Waals surface area contributed by atoms with Gasteiger partial charge < -0.3 is 20.1 Å². The van der Waals surface area contributed by atoms with Crippen LogP contribution in [0.2, 0.25) is 0 Å². The standard InChI is InChI=1S/C18H20F3N3O4S/c1-8-6-10(4-5-24(8)17(26)27)28-16-9(2)12(18(19,20)21)14-13(23-16)11(7-29-14)15(25)22-3/h7-8,10H,4-6H2,1-3H3,(H,22,25)(H,26,27)/t8-,10-/m1/s1. The highest BCUT2D eigenvalue weighted by Crippen LogP contribution is 2.43. The number of thiophene rings is 1. The summed E-state index contributed by atoms with van der Waals surface area (Å²) in [5.41, 5.74) is -1.02. The number of amides is 2. The number of fused-ring (bicyclic) bond motifs is 1. The highest BCUT2D eigenvalue weighted by molar-refractivity contribution is 7.17. The molecule has 29 heavy (non-hydrogen) atoms. The summed E-state index contributed by atoms with van der Waals surface area (Å²) in [6.07, 6.45) is -5.50. The number of nitrogens with zero attached hydrogens (tertiary/aromatic N) is 2. The molecule has 2 atom stereocenters. The smallest absolute Gasteiger partial charge is 0.418 e. The van der Waals surface area contributed by atoms with Crippen LogP contribution < -0.4 is 10.1 Å². The van der Waals surface area contributed by atoms with E-state index >= 15 is 0 Å². The molecule has 0 saturated carbocycles. The minimum absolute atomic E-state index is 0.0527. The van der Waals surface area contributed by atoms with E-state index in [1.54, 1.807) is 6.92 Å². The highest BCUT2D eigenvalue weighted by Gasteiger charge is 2.39. The summed E-state index contributed by atoms with van der Waals surface area (Å²) in [5, 5.41) is 12.9. The number of carbonyl (C=O) groups excluding carboxylic acids is 1. The minimum Gasteiger partial charge on any atom is -0.474 e. The Balaban J connectivity index is 2.03. The maximum absolute atomic E-state index is 13.8. The fourth-order valence-electron chi connectivity index (χ4n) is 3.53. The van der Waals surface area contributed by atoms with Gasteiger partial charge in [0.25, 0.3) is 5.91 Å². The molecular weight excluding hydrogens is 411 g/mol. The third kappa shape index (κ3) is 3.96. The van der Waals surface area contributed by atoms with Gasteiger partial charge >= 0.3 is 12.3 Å². The van der Waals surface area contributed by atoms with Crippen LogP contribution in [-0.2, 0) is 6.18 Å². The number of piperidine rings is 1. The van der Waals surface area contributed by atoms with Crippen molar-refractivity contribution >= 4 is 33.6 Å². The largest absolute Gasteiger partial charge is 0.474 e. The number of carboxylic acid groups (broad SMARTS) is 1. The molecule has 3 heterocycles. The summed E-state index contributed by atoms with van der Waals surface area (Å²) in [5.74, 6) is -0.718. The van der Waals surface area contributed by atoms with Crippen molar-refractivity contribution in [2.45, 2.75) is 45.0 Å². The van der Waals surface area contributed by atoms with Crippen LogP contribution in [0, 0.1) is 6.92 Å². The van der Waals surface area contributed by atoms with Crippen molar-refractivity contribution in [2.24, 2.45) is 0 Å². The highest BCUT2D eigenvalue weighted by atomic mass is 32.1. The quantitative estimate of drug-likeness (QED) is 0.769. The van der Waals surface area contributed by atoms with Gasteiger partial charge in [0, 0.05) is 43.4 Å². The first-order valence-corrected chi connectivity index (χ1v) is 9.79. The molecule has 0 aliphatic carbocycles. The average molecular weight is 431 g/mol. The Bertz CT molecular complexity index is 960. The normalized spacial score (nSPS) is 20.0. The first-order chi connectivity index (χ1) is 13.5. The van der Waals surface area contributed by atoms with Crippen LogP contribution >= 0.6 is 11.3 Å². The van der Waals surface area contributed by atoms with Gasteiger partial charge in [-0.1, -0.05) is 0 Å². The summed E-state index contributed by atoms with van der Waals surface area (Å²) in [7, 11) is 1.39. The number of aromatic nitrogens is 1. The number of hydrogen-bond donors (Lipinski definition) is 2. The van der Waals surface area contributed by atoms with Crippen LogP contribution in [0.15, 0.2) is 5.38 Å². The van der Waals surface area contributed by atoms with Gasteiger partial charge in [0.05, 0.1) is 21.3 Å². The predicted molar refractivity (Wildman–Crippen MR) is 101 cm³/mol. The predicted octanol–water partition coefficient (Wildman–Crippen LogP) is 3.89. The Labute approximate surface area is 168 Å². The topological polar surface area (TPSA) is 91.8 Å². The Kier molecular flexibility index (Phi) is 5.61. The molecule has 2 N–H and O–H groups in total. The molecule has 3 rings (SSSR count). The van der Waals surface area contributed by atoms with E-state index in [-0.39, 0.29) is 39.8 Å². The summed E-state index contributed by atoms with van der Waals surface area (Å²) in [6.45, 7) is 3.23. The minimum atomic E-state index is -4.64. The van der Waals surface area contributed by atoms with Crippen LogP contribution in [-0.4, -0.2) is 52.7 Å². The molecule has 0 radical (unpaired) electrons. The maximum atomic E-state index is 13.8. The van der Waals surface area contributed by atoms with Crippen molar-refractivity contribution in [3.63, 3.8) is 0 Å². The van der Waals surface area contributed by atoms with Crippen molar-refractivity contribution < 1.29 is 32.6 Å². The van der Waals surface area contributed by atoms with E-state index in [0.29, 0.717) is 12.8 Å². The molecule has 2 aromatic heterocycles. The van der Waals surface area contributed by atoms with Crippen molar-refractivity contribution in [3.8, 4) is 5.88 Å².